The first-order valence-electron chi connectivity index (χ1n) is 5.93. The van der Waals surface area contributed by atoms with Gasteiger partial charge < -0.3 is 9.47 Å². The minimum Gasteiger partial charge on any atom is -0.382 e. The molecule has 0 saturated heterocycles. The van der Waals surface area contributed by atoms with Gasteiger partial charge in [-0.2, -0.15) is 0 Å². The maximum atomic E-state index is 11.9. The van der Waals surface area contributed by atoms with E-state index in [4.69, 9.17) is 14.3 Å². The van der Waals surface area contributed by atoms with Crippen LogP contribution in [-0.2, 0) is 14.3 Å². The lowest BCUT2D eigenvalue weighted by molar-refractivity contribution is -0.107. The molecule has 0 atom stereocenters. The van der Waals surface area contributed by atoms with Crippen LogP contribution in [0.2, 0.25) is 0 Å². The quantitative estimate of drug-likeness (QED) is 0.541. The fraction of sp³-hybridized carbons (Fsp3) is 0.385. The second-order valence-electron chi connectivity index (χ2n) is 3.89. The fourth-order valence-corrected chi connectivity index (χ4v) is 1.72. The Bertz CT molecular complexity index is 439. The minimum atomic E-state index is -0.433. The van der Waals surface area contributed by atoms with Gasteiger partial charge >= 0.3 is 0 Å². The summed E-state index contributed by atoms with van der Waals surface area (Å²) in [6.07, 6.45) is 0. The van der Waals surface area contributed by atoms with Crippen molar-refractivity contribution in [3.05, 3.63) is 35.4 Å². The number of hydrogen-bond donors (Lipinski definition) is 0. The number of carbonyl (C=O) groups is 2. The summed E-state index contributed by atoms with van der Waals surface area (Å²) >= 11 is 0. The summed E-state index contributed by atoms with van der Waals surface area (Å²) in [5.41, 5.74) is 0.737. The topological polar surface area (TPSA) is 65.1 Å². The third kappa shape index (κ3) is 2.98. The molecule has 102 valence electrons. The molecule has 0 N–H and O–H groups in total. The second kappa shape index (κ2) is 6.42. The first-order valence-corrected chi connectivity index (χ1v) is 5.93. The molecule has 19 heavy (non-hydrogen) atoms. The van der Waals surface area contributed by atoms with Gasteiger partial charge in [-0.3, -0.25) is 14.4 Å². The molecule has 1 aromatic rings. The number of benzene rings is 1. The minimum absolute atomic E-state index is 0.134. The molecule has 6 heteroatoms. The molecule has 0 saturated carbocycles. The second-order valence-corrected chi connectivity index (χ2v) is 3.89. The van der Waals surface area contributed by atoms with E-state index in [0.717, 1.165) is 5.06 Å². The zero-order valence-corrected chi connectivity index (χ0v) is 10.6. The van der Waals surface area contributed by atoms with Crippen molar-refractivity contribution in [1.82, 2.24) is 5.06 Å². The summed E-state index contributed by atoms with van der Waals surface area (Å²) in [6, 6.07) is 6.63. The number of ether oxygens (including phenoxy) is 2. The summed E-state index contributed by atoms with van der Waals surface area (Å²) < 4.78 is 10.00. The van der Waals surface area contributed by atoms with Gasteiger partial charge in [0.25, 0.3) is 11.8 Å². The Labute approximate surface area is 110 Å². The van der Waals surface area contributed by atoms with E-state index in [2.05, 4.69) is 0 Å². The highest BCUT2D eigenvalue weighted by Crippen LogP contribution is 2.22. The average molecular weight is 265 g/mol. The van der Waals surface area contributed by atoms with Crippen molar-refractivity contribution in [2.24, 2.45) is 0 Å². The smallest absolute Gasteiger partial charge is 0.285 e. The van der Waals surface area contributed by atoms with E-state index in [-0.39, 0.29) is 13.2 Å². The number of carbonyl (C=O) groups excluding carboxylic acids is 2. The number of hydrogen-bond acceptors (Lipinski definition) is 5. The highest BCUT2D eigenvalue weighted by Gasteiger charge is 2.36. The molecule has 0 aliphatic carbocycles. The van der Waals surface area contributed by atoms with Crippen LogP contribution in [0.25, 0.3) is 0 Å². The van der Waals surface area contributed by atoms with E-state index in [1.54, 1.807) is 31.4 Å². The lowest BCUT2D eigenvalue weighted by Gasteiger charge is -2.13. The maximum absolute atomic E-state index is 11.9. The monoisotopic (exact) mass is 265 g/mol. The molecule has 2 amide bonds. The van der Waals surface area contributed by atoms with Gasteiger partial charge in [0.15, 0.2) is 0 Å². The van der Waals surface area contributed by atoms with Gasteiger partial charge in [-0.1, -0.05) is 12.1 Å². The Morgan fingerprint density at radius 2 is 1.53 bits per heavy atom. The molecule has 2 rings (SSSR count). The van der Waals surface area contributed by atoms with E-state index < -0.39 is 11.8 Å². The number of rotatable bonds is 7. The largest absolute Gasteiger partial charge is 0.382 e. The molecule has 6 nitrogen and oxygen atoms in total. The van der Waals surface area contributed by atoms with Crippen molar-refractivity contribution in [2.75, 3.05) is 33.5 Å². The van der Waals surface area contributed by atoms with E-state index in [1.807, 2.05) is 0 Å². The van der Waals surface area contributed by atoms with Gasteiger partial charge in [0.1, 0.15) is 0 Å². The first kappa shape index (κ1) is 13.7. The van der Waals surface area contributed by atoms with Crippen molar-refractivity contribution in [3.63, 3.8) is 0 Å². The van der Waals surface area contributed by atoms with E-state index in [0.29, 0.717) is 24.3 Å². The number of imide groups is 1. The molecular weight excluding hydrogens is 250 g/mol. The van der Waals surface area contributed by atoms with Crippen molar-refractivity contribution < 1.29 is 23.9 Å². The third-order valence-corrected chi connectivity index (χ3v) is 2.64. The predicted octanol–water partition coefficient (Wildman–Crippen LogP) is 0.877. The Morgan fingerprint density at radius 1 is 0.947 bits per heavy atom. The normalized spacial score (nSPS) is 14.1. The van der Waals surface area contributed by atoms with Crippen molar-refractivity contribution in [2.45, 2.75) is 0 Å². The van der Waals surface area contributed by atoms with Crippen LogP contribution in [0, 0.1) is 0 Å². The van der Waals surface area contributed by atoms with Crippen molar-refractivity contribution in [3.8, 4) is 0 Å². The van der Waals surface area contributed by atoms with Gasteiger partial charge in [-0.15, -0.1) is 5.06 Å². The number of nitrogens with zero attached hydrogens (tertiary/aromatic N) is 1. The summed E-state index contributed by atoms with van der Waals surface area (Å²) in [7, 11) is 1.58. The molecule has 1 aromatic carbocycles. The van der Waals surface area contributed by atoms with E-state index >= 15 is 0 Å². The number of amides is 2. The number of hydroxylamine groups is 2. The SMILES string of the molecule is COCCOCCON1C(=O)c2ccccc2C1=O. The highest BCUT2D eigenvalue weighted by molar-refractivity contribution is 6.20. The zero-order valence-electron chi connectivity index (χ0n) is 10.6. The maximum Gasteiger partial charge on any atom is 0.285 e. The van der Waals surface area contributed by atoms with Gasteiger partial charge in [0.05, 0.1) is 37.6 Å². The molecule has 0 spiro atoms. The summed E-state index contributed by atoms with van der Waals surface area (Å²) in [4.78, 5) is 28.9. The lowest BCUT2D eigenvalue weighted by atomic mass is 10.1. The summed E-state index contributed by atoms with van der Waals surface area (Å²) in [6.45, 7) is 1.36. The Morgan fingerprint density at radius 3 is 2.11 bits per heavy atom. The predicted molar refractivity (Wildman–Crippen MR) is 65.6 cm³/mol. The summed E-state index contributed by atoms with van der Waals surface area (Å²) in [5, 5.41) is 0.782. The van der Waals surface area contributed by atoms with Crippen molar-refractivity contribution in [1.29, 1.82) is 0 Å². The Hall–Kier alpha value is -1.76. The fourth-order valence-electron chi connectivity index (χ4n) is 1.72. The molecule has 0 radical (unpaired) electrons. The Kier molecular flexibility index (Phi) is 4.62. The van der Waals surface area contributed by atoms with Crippen LogP contribution in [0.4, 0.5) is 0 Å². The number of methoxy groups -OCH3 is 1. The first-order chi connectivity index (χ1) is 9.25. The molecular formula is C13H15NO5. The molecule has 0 aromatic heterocycles. The van der Waals surface area contributed by atoms with E-state index in [9.17, 15) is 9.59 Å². The van der Waals surface area contributed by atoms with Gasteiger partial charge in [0, 0.05) is 7.11 Å². The van der Waals surface area contributed by atoms with Crippen LogP contribution in [0.3, 0.4) is 0 Å². The van der Waals surface area contributed by atoms with Crippen LogP contribution < -0.4 is 0 Å². The molecule has 1 aliphatic rings. The van der Waals surface area contributed by atoms with Crippen molar-refractivity contribution >= 4 is 11.8 Å². The molecule has 0 unspecified atom stereocenters. The standard InChI is InChI=1S/C13H15NO5/c1-17-6-7-18-8-9-19-14-12(15)10-4-2-3-5-11(10)13(14)16/h2-5H,6-9H2,1H3. The van der Waals surface area contributed by atoms with Crippen LogP contribution in [0.5, 0.6) is 0 Å². The van der Waals surface area contributed by atoms with Crippen LogP contribution in [-0.4, -0.2) is 50.4 Å². The third-order valence-electron chi connectivity index (χ3n) is 2.64. The number of fused-ring (bicyclic) bond motifs is 1. The van der Waals surface area contributed by atoms with Gasteiger partial charge in [0.2, 0.25) is 0 Å². The van der Waals surface area contributed by atoms with Crippen LogP contribution >= 0.6 is 0 Å². The molecule has 1 heterocycles. The van der Waals surface area contributed by atoms with Gasteiger partial charge in [-0.05, 0) is 12.1 Å². The van der Waals surface area contributed by atoms with Crippen LogP contribution in [0.1, 0.15) is 20.7 Å². The zero-order chi connectivity index (χ0) is 13.7. The van der Waals surface area contributed by atoms with E-state index in [1.165, 1.54) is 0 Å². The van der Waals surface area contributed by atoms with Crippen LogP contribution in [0.15, 0.2) is 24.3 Å². The molecule has 0 fully saturated rings. The van der Waals surface area contributed by atoms with Gasteiger partial charge in [-0.25, -0.2) is 0 Å². The molecule has 1 aliphatic heterocycles. The Balaban J connectivity index is 1.83. The molecule has 0 bridgehead atoms. The lowest BCUT2D eigenvalue weighted by Crippen LogP contribution is -2.31. The highest BCUT2D eigenvalue weighted by atomic mass is 16.7. The summed E-state index contributed by atoms with van der Waals surface area (Å²) in [5.74, 6) is -0.866. The average Bonchev–Trinajstić information content (AvgIpc) is 2.68.